The number of benzene rings is 1. The molecule has 0 aliphatic carbocycles. The molecular formula is C13H13FN2O3. The third-order valence-electron chi connectivity index (χ3n) is 2.71. The molecule has 0 aliphatic heterocycles. The van der Waals surface area contributed by atoms with Crippen LogP contribution < -0.4 is 4.90 Å². The van der Waals surface area contributed by atoms with Crippen LogP contribution in [0.15, 0.2) is 34.7 Å². The van der Waals surface area contributed by atoms with Gasteiger partial charge in [-0.05, 0) is 25.1 Å². The predicted octanol–water partition coefficient (Wildman–Crippen LogP) is 3.27. The number of halogens is 1. The topological polar surface area (TPSA) is 59.5 Å². The largest absolute Gasteiger partial charge is 0.464 e. The molecule has 100 valence electrons. The molecule has 6 heteroatoms. The molecule has 0 spiro atoms. The Labute approximate surface area is 109 Å². The zero-order valence-electron chi connectivity index (χ0n) is 10.6. The van der Waals surface area contributed by atoms with Crippen LogP contribution in [-0.4, -0.2) is 12.0 Å². The minimum atomic E-state index is -0.633. The minimum Gasteiger partial charge on any atom is -0.464 e. The Bertz CT molecular complexity index is 610. The number of nitro benzene ring substituents is 1. The first kappa shape index (κ1) is 13.1. The summed E-state index contributed by atoms with van der Waals surface area (Å²) in [5, 5.41) is 10.7. The second-order valence-electron chi connectivity index (χ2n) is 4.29. The molecule has 0 aliphatic rings. The molecule has 0 saturated carbocycles. The molecular weight excluding hydrogens is 251 g/mol. The van der Waals surface area contributed by atoms with Gasteiger partial charge in [-0.25, -0.2) is 4.39 Å². The summed E-state index contributed by atoms with van der Waals surface area (Å²) in [7, 11) is 1.72. The van der Waals surface area contributed by atoms with Crippen LogP contribution in [0.1, 0.15) is 11.5 Å². The van der Waals surface area contributed by atoms with E-state index in [1.807, 2.05) is 19.1 Å². The third kappa shape index (κ3) is 3.09. The lowest BCUT2D eigenvalue weighted by Crippen LogP contribution is -2.16. The minimum absolute atomic E-state index is 0.266. The first-order chi connectivity index (χ1) is 8.95. The first-order valence-electron chi connectivity index (χ1n) is 5.67. The molecule has 0 unspecified atom stereocenters. The molecule has 0 bridgehead atoms. The number of non-ortho nitro benzene ring substituents is 1. The van der Waals surface area contributed by atoms with Crippen molar-refractivity contribution in [3.8, 4) is 0 Å². The monoisotopic (exact) mass is 264 g/mol. The van der Waals surface area contributed by atoms with Gasteiger partial charge in [0.05, 0.1) is 17.5 Å². The Morgan fingerprint density at radius 3 is 2.68 bits per heavy atom. The molecule has 0 radical (unpaired) electrons. The van der Waals surface area contributed by atoms with Gasteiger partial charge >= 0.3 is 0 Å². The molecule has 1 heterocycles. The summed E-state index contributed by atoms with van der Waals surface area (Å²) in [5.74, 6) is 0.868. The quantitative estimate of drug-likeness (QED) is 0.628. The van der Waals surface area contributed by atoms with Gasteiger partial charge in [0.2, 0.25) is 0 Å². The van der Waals surface area contributed by atoms with Crippen molar-refractivity contribution in [2.24, 2.45) is 0 Å². The summed E-state index contributed by atoms with van der Waals surface area (Å²) in [4.78, 5) is 11.8. The van der Waals surface area contributed by atoms with Crippen molar-refractivity contribution in [3.63, 3.8) is 0 Å². The average molecular weight is 264 g/mol. The van der Waals surface area contributed by atoms with E-state index in [-0.39, 0.29) is 5.69 Å². The van der Waals surface area contributed by atoms with Gasteiger partial charge in [0.15, 0.2) is 0 Å². The van der Waals surface area contributed by atoms with Gasteiger partial charge < -0.3 is 9.32 Å². The maximum Gasteiger partial charge on any atom is 0.274 e. The predicted molar refractivity (Wildman–Crippen MR) is 68.6 cm³/mol. The molecule has 0 atom stereocenters. The number of nitro groups is 1. The van der Waals surface area contributed by atoms with Crippen LogP contribution >= 0.6 is 0 Å². The van der Waals surface area contributed by atoms with Crippen LogP contribution in [0.25, 0.3) is 0 Å². The first-order valence-corrected chi connectivity index (χ1v) is 5.67. The van der Waals surface area contributed by atoms with Crippen molar-refractivity contribution in [3.05, 3.63) is 57.8 Å². The van der Waals surface area contributed by atoms with Crippen molar-refractivity contribution in [1.29, 1.82) is 0 Å². The van der Waals surface area contributed by atoms with Crippen LogP contribution in [0.2, 0.25) is 0 Å². The van der Waals surface area contributed by atoms with Crippen LogP contribution in [0.3, 0.4) is 0 Å². The summed E-state index contributed by atoms with van der Waals surface area (Å²) in [6.45, 7) is 2.24. The van der Waals surface area contributed by atoms with E-state index in [2.05, 4.69) is 0 Å². The molecule has 0 N–H and O–H groups in total. The smallest absolute Gasteiger partial charge is 0.274 e. The Hall–Kier alpha value is -2.37. The molecule has 2 rings (SSSR count). The number of aryl methyl sites for hydroxylation is 1. The molecule has 0 fully saturated rings. The van der Waals surface area contributed by atoms with Gasteiger partial charge in [-0.1, -0.05) is 0 Å². The summed E-state index contributed by atoms with van der Waals surface area (Å²) in [6.07, 6.45) is 0. The van der Waals surface area contributed by atoms with Crippen molar-refractivity contribution in [1.82, 2.24) is 0 Å². The lowest BCUT2D eigenvalue weighted by Gasteiger charge is -2.17. The number of nitrogens with zero attached hydrogens (tertiary/aromatic N) is 2. The molecule has 1 aromatic heterocycles. The summed E-state index contributed by atoms with van der Waals surface area (Å²) >= 11 is 0. The standard InChI is InChI=1S/C13H13FN2O3/c1-9-3-4-13(19-9)8-15(2)11-5-10(14)6-12(7-11)16(17)18/h3-7H,8H2,1-2H3. The molecule has 1 aromatic carbocycles. The molecule has 0 amide bonds. The highest BCUT2D eigenvalue weighted by atomic mass is 19.1. The van der Waals surface area contributed by atoms with Gasteiger partial charge in [0, 0.05) is 18.8 Å². The zero-order chi connectivity index (χ0) is 14.0. The summed E-state index contributed by atoms with van der Waals surface area (Å²) in [6, 6.07) is 7.13. The lowest BCUT2D eigenvalue weighted by molar-refractivity contribution is -0.385. The zero-order valence-corrected chi connectivity index (χ0v) is 10.6. The van der Waals surface area contributed by atoms with Crippen LogP contribution in [0.5, 0.6) is 0 Å². The lowest BCUT2D eigenvalue weighted by atomic mass is 10.2. The second kappa shape index (κ2) is 5.09. The van der Waals surface area contributed by atoms with Crippen molar-refractivity contribution in [2.45, 2.75) is 13.5 Å². The summed E-state index contributed by atoms with van der Waals surface area (Å²) < 4.78 is 18.8. The SMILES string of the molecule is Cc1ccc(CN(C)c2cc(F)cc([N+](=O)[O-])c2)o1. The van der Waals surface area contributed by atoms with E-state index >= 15 is 0 Å². The van der Waals surface area contributed by atoms with Crippen LogP contribution in [0, 0.1) is 22.9 Å². The van der Waals surface area contributed by atoms with E-state index in [0.29, 0.717) is 18.0 Å². The number of furan rings is 1. The fraction of sp³-hybridized carbons (Fsp3) is 0.231. The Morgan fingerprint density at radius 1 is 1.37 bits per heavy atom. The van der Waals surface area contributed by atoms with Crippen LogP contribution in [0.4, 0.5) is 15.8 Å². The fourth-order valence-corrected chi connectivity index (χ4v) is 1.78. The van der Waals surface area contributed by atoms with E-state index in [9.17, 15) is 14.5 Å². The molecule has 2 aromatic rings. The van der Waals surface area contributed by atoms with Crippen molar-refractivity contribution >= 4 is 11.4 Å². The van der Waals surface area contributed by atoms with Crippen molar-refractivity contribution in [2.75, 3.05) is 11.9 Å². The highest BCUT2D eigenvalue weighted by Gasteiger charge is 2.13. The summed E-state index contributed by atoms with van der Waals surface area (Å²) in [5.41, 5.74) is 0.165. The van der Waals surface area contributed by atoms with E-state index in [4.69, 9.17) is 4.42 Å². The highest BCUT2D eigenvalue weighted by molar-refractivity contribution is 5.53. The van der Waals surface area contributed by atoms with E-state index in [1.54, 1.807) is 11.9 Å². The highest BCUT2D eigenvalue weighted by Crippen LogP contribution is 2.24. The fourth-order valence-electron chi connectivity index (χ4n) is 1.78. The Morgan fingerprint density at radius 2 is 2.11 bits per heavy atom. The molecule has 5 nitrogen and oxygen atoms in total. The van der Waals surface area contributed by atoms with Gasteiger partial charge in [-0.15, -0.1) is 0 Å². The van der Waals surface area contributed by atoms with E-state index < -0.39 is 10.7 Å². The number of anilines is 1. The average Bonchev–Trinajstić information content (AvgIpc) is 2.73. The second-order valence-corrected chi connectivity index (χ2v) is 4.29. The van der Waals surface area contributed by atoms with E-state index in [1.165, 1.54) is 12.1 Å². The van der Waals surface area contributed by atoms with Gasteiger partial charge in [0.1, 0.15) is 17.3 Å². The number of rotatable bonds is 4. The number of hydrogen-bond donors (Lipinski definition) is 0. The van der Waals surface area contributed by atoms with Gasteiger partial charge in [-0.2, -0.15) is 0 Å². The molecule has 19 heavy (non-hydrogen) atoms. The normalized spacial score (nSPS) is 10.5. The van der Waals surface area contributed by atoms with E-state index in [0.717, 1.165) is 11.8 Å². The van der Waals surface area contributed by atoms with Crippen molar-refractivity contribution < 1.29 is 13.7 Å². The molecule has 0 saturated heterocycles. The number of hydrogen-bond acceptors (Lipinski definition) is 4. The Kier molecular flexibility index (Phi) is 3.50. The maximum atomic E-state index is 13.3. The third-order valence-corrected chi connectivity index (χ3v) is 2.71. The van der Waals surface area contributed by atoms with Gasteiger partial charge in [0.25, 0.3) is 5.69 Å². The Balaban J connectivity index is 2.23. The maximum absolute atomic E-state index is 13.3. The van der Waals surface area contributed by atoms with Gasteiger partial charge in [-0.3, -0.25) is 10.1 Å². The van der Waals surface area contributed by atoms with Crippen LogP contribution in [-0.2, 0) is 6.54 Å².